The Balaban J connectivity index is 2.18. The highest BCUT2D eigenvalue weighted by atomic mass is 16.6. The molecule has 126 valence electrons. The number of non-ortho nitro benzene ring substituents is 1. The Morgan fingerprint density at radius 1 is 1.57 bits per heavy atom. The molecule has 1 atom stereocenters. The maximum atomic E-state index is 12.4. The summed E-state index contributed by atoms with van der Waals surface area (Å²) in [5.41, 5.74) is -0.799. The molecule has 1 aliphatic heterocycles. The number of benzene rings is 1. The largest absolute Gasteiger partial charge is 0.492 e. The SMILES string of the molecule is CCOc1ccc([N+](=O)[O-])cc1NC(=O)N1CCCC(C)(O)C1. The van der Waals surface area contributed by atoms with E-state index in [9.17, 15) is 20.0 Å². The van der Waals surface area contributed by atoms with Crippen molar-refractivity contribution in [2.45, 2.75) is 32.3 Å². The zero-order chi connectivity index (χ0) is 17.0. The van der Waals surface area contributed by atoms with E-state index >= 15 is 0 Å². The van der Waals surface area contributed by atoms with E-state index in [0.29, 0.717) is 31.7 Å². The maximum Gasteiger partial charge on any atom is 0.322 e. The van der Waals surface area contributed by atoms with E-state index < -0.39 is 16.6 Å². The molecule has 1 aromatic rings. The van der Waals surface area contributed by atoms with Crippen LogP contribution < -0.4 is 10.1 Å². The number of carbonyl (C=O) groups is 1. The minimum Gasteiger partial charge on any atom is -0.492 e. The number of ether oxygens (including phenoxy) is 1. The van der Waals surface area contributed by atoms with Gasteiger partial charge >= 0.3 is 6.03 Å². The lowest BCUT2D eigenvalue weighted by Gasteiger charge is -2.36. The smallest absolute Gasteiger partial charge is 0.322 e. The molecule has 0 bridgehead atoms. The van der Waals surface area contributed by atoms with E-state index in [2.05, 4.69) is 5.32 Å². The zero-order valence-electron chi connectivity index (χ0n) is 13.2. The second-order valence-corrected chi connectivity index (χ2v) is 5.82. The van der Waals surface area contributed by atoms with Gasteiger partial charge in [-0.15, -0.1) is 0 Å². The molecular weight excluding hydrogens is 302 g/mol. The van der Waals surface area contributed by atoms with Gasteiger partial charge in [0.25, 0.3) is 5.69 Å². The van der Waals surface area contributed by atoms with E-state index in [1.807, 2.05) is 0 Å². The first-order valence-electron chi connectivity index (χ1n) is 7.52. The predicted octanol–water partition coefficient (Wildman–Crippen LogP) is 2.37. The number of carbonyl (C=O) groups excluding carboxylic acids is 1. The highest BCUT2D eigenvalue weighted by Gasteiger charge is 2.31. The summed E-state index contributed by atoms with van der Waals surface area (Å²) in [6.45, 7) is 4.60. The number of urea groups is 1. The van der Waals surface area contributed by atoms with Gasteiger partial charge in [-0.3, -0.25) is 10.1 Å². The Hall–Kier alpha value is -2.35. The Kier molecular flexibility index (Phi) is 5.05. The molecule has 1 fully saturated rings. The molecular formula is C15H21N3O5. The van der Waals surface area contributed by atoms with E-state index in [1.54, 1.807) is 13.8 Å². The van der Waals surface area contributed by atoms with Crippen LogP contribution in [-0.4, -0.2) is 46.3 Å². The summed E-state index contributed by atoms with van der Waals surface area (Å²) in [6.07, 6.45) is 1.34. The third-order valence-corrected chi connectivity index (χ3v) is 3.68. The topological polar surface area (TPSA) is 105 Å². The van der Waals surface area contributed by atoms with Crippen LogP contribution in [0.15, 0.2) is 18.2 Å². The van der Waals surface area contributed by atoms with Crippen LogP contribution >= 0.6 is 0 Å². The van der Waals surface area contributed by atoms with Crippen molar-refractivity contribution in [3.05, 3.63) is 28.3 Å². The number of likely N-dealkylation sites (tertiary alicyclic amines) is 1. The van der Waals surface area contributed by atoms with Gasteiger partial charge in [-0.25, -0.2) is 4.79 Å². The Labute approximate surface area is 134 Å². The number of β-amino-alcohol motifs (C(OH)–C–C–N with tert-alkyl or cyclic N) is 1. The molecule has 23 heavy (non-hydrogen) atoms. The van der Waals surface area contributed by atoms with Crippen LogP contribution in [0, 0.1) is 10.1 Å². The van der Waals surface area contributed by atoms with Crippen molar-refractivity contribution < 1.29 is 19.6 Å². The number of aliphatic hydroxyl groups is 1. The maximum absolute atomic E-state index is 12.4. The average molecular weight is 323 g/mol. The van der Waals surface area contributed by atoms with Gasteiger partial charge in [0, 0.05) is 18.7 Å². The molecule has 1 aromatic carbocycles. The normalized spacial score (nSPS) is 20.9. The monoisotopic (exact) mass is 323 g/mol. The van der Waals surface area contributed by atoms with Crippen molar-refractivity contribution in [3.8, 4) is 5.75 Å². The van der Waals surface area contributed by atoms with E-state index in [0.717, 1.165) is 0 Å². The molecule has 1 saturated heterocycles. The molecule has 1 heterocycles. The standard InChI is InChI=1S/C15H21N3O5/c1-3-23-13-6-5-11(18(21)22)9-12(13)16-14(19)17-8-4-7-15(2,20)10-17/h5-6,9,20H,3-4,7-8,10H2,1-2H3,(H,16,19). The number of hydrogen-bond acceptors (Lipinski definition) is 5. The Bertz CT molecular complexity index is 603. The minimum atomic E-state index is -0.916. The summed E-state index contributed by atoms with van der Waals surface area (Å²) in [7, 11) is 0. The van der Waals surface area contributed by atoms with Gasteiger partial charge in [-0.05, 0) is 32.8 Å². The number of nitrogens with one attached hydrogen (secondary N) is 1. The third-order valence-electron chi connectivity index (χ3n) is 3.68. The molecule has 2 rings (SSSR count). The first-order chi connectivity index (χ1) is 10.8. The fourth-order valence-electron chi connectivity index (χ4n) is 2.60. The number of rotatable bonds is 4. The summed E-state index contributed by atoms with van der Waals surface area (Å²) in [4.78, 5) is 24.2. The fraction of sp³-hybridized carbons (Fsp3) is 0.533. The van der Waals surface area contributed by atoms with Crippen molar-refractivity contribution in [2.24, 2.45) is 0 Å². The summed E-state index contributed by atoms with van der Waals surface area (Å²) < 4.78 is 5.40. The second-order valence-electron chi connectivity index (χ2n) is 5.82. The number of nitro groups is 1. The first-order valence-corrected chi connectivity index (χ1v) is 7.52. The lowest BCUT2D eigenvalue weighted by Crippen LogP contribution is -2.49. The summed E-state index contributed by atoms with van der Waals surface area (Å²) >= 11 is 0. The van der Waals surface area contributed by atoms with Crippen LogP contribution in [0.1, 0.15) is 26.7 Å². The van der Waals surface area contributed by atoms with Crippen molar-refractivity contribution in [2.75, 3.05) is 25.0 Å². The van der Waals surface area contributed by atoms with Crippen LogP contribution in [0.5, 0.6) is 5.75 Å². The molecule has 2 N–H and O–H groups in total. The van der Waals surface area contributed by atoms with Crippen molar-refractivity contribution >= 4 is 17.4 Å². The molecule has 8 nitrogen and oxygen atoms in total. The molecule has 8 heteroatoms. The van der Waals surface area contributed by atoms with Crippen LogP contribution in [-0.2, 0) is 0 Å². The lowest BCUT2D eigenvalue weighted by molar-refractivity contribution is -0.384. The molecule has 1 aliphatic rings. The first kappa shape index (κ1) is 17.0. The third kappa shape index (κ3) is 4.32. The number of amides is 2. The second kappa shape index (κ2) is 6.82. The van der Waals surface area contributed by atoms with Crippen LogP contribution in [0.2, 0.25) is 0 Å². The quantitative estimate of drug-likeness (QED) is 0.654. The molecule has 1 unspecified atom stereocenters. The molecule has 0 radical (unpaired) electrons. The highest BCUT2D eigenvalue weighted by molar-refractivity contribution is 5.91. The number of nitrogens with zero attached hydrogens (tertiary/aromatic N) is 2. The predicted molar refractivity (Wildman–Crippen MR) is 84.7 cm³/mol. The van der Waals surface area contributed by atoms with Gasteiger partial charge in [0.05, 0.1) is 29.4 Å². The van der Waals surface area contributed by atoms with Gasteiger partial charge in [0.2, 0.25) is 0 Å². The van der Waals surface area contributed by atoms with Crippen LogP contribution in [0.4, 0.5) is 16.2 Å². The van der Waals surface area contributed by atoms with Gasteiger partial charge < -0.3 is 20.1 Å². The molecule has 0 aromatic heterocycles. The molecule has 0 spiro atoms. The highest BCUT2D eigenvalue weighted by Crippen LogP contribution is 2.30. The zero-order valence-corrected chi connectivity index (χ0v) is 13.2. The van der Waals surface area contributed by atoms with E-state index in [1.165, 1.54) is 23.1 Å². The molecule has 0 aliphatic carbocycles. The summed E-state index contributed by atoms with van der Waals surface area (Å²) in [5.74, 6) is 0.371. The van der Waals surface area contributed by atoms with Gasteiger partial charge in [-0.1, -0.05) is 0 Å². The fourth-order valence-corrected chi connectivity index (χ4v) is 2.60. The minimum absolute atomic E-state index is 0.130. The van der Waals surface area contributed by atoms with Gasteiger partial charge in [0.1, 0.15) is 5.75 Å². The van der Waals surface area contributed by atoms with Gasteiger partial charge in [0.15, 0.2) is 0 Å². The Morgan fingerprint density at radius 2 is 2.30 bits per heavy atom. The summed E-state index contributed by atoms with van der Waals surface area (Å²) in [6, 6.07) is 3.65. The van der Waals surface area contributed by atoms with Crippen LogP contribution in [0.25, 0.3) is 0 Å². The summed E-state index contributed by atoms with van der Waals surface area (Å²) in [5, 5.41) is 23.6. The van der Waals surface area contributed by atoms with E-state index in [-0.39, 0.29) is 17.9 Å². The van der Waals surface area contributed by atoms with Gasteiger partial charge in [-0.2, -0.15) is 0 Å². The average Bonchev–Trinajstić information content (AvgIpc) is 2.48. The van der Waals surface area contributed by atoms with Crippen molar-refractivity contribution in [1.29, 1.82) is 0 Å². The molecule has 0 saturated carbocycles. The number of piperidine rings is 1. The van der Waals surface area contributed by atoms with Crippen molar-refractivity contribution in [1.82, 2.24) is 4.90 Å². The lowest BCUT2D eigenvalue weighted by atomic mass is 9.95. The number of anilines is 1. The van der Waals surface area contributed by atoms with Crippen LogP contribution in [0.3, 0.4) is 0 Å². The van der Waals surface area contributed by atoms with Crippen molar-refractivity contribution in [3.63, 3.8) is 0 Å². The number of hydrogen-bond donors (Lipinski definition) is 2. The molecule has 2 amide bonds. The number of nitro benzene ring substituents is 1. The van der Waals surface area contributed by atoms with E-state index in [4.69, 9.17) is 4.74 Å². The Morgan fingerprint density at radius 3 is 2.91 bits per heavy atom.